The second kappa shape index (κ2) is 8.11. The van der Waals surface area contributed by atoms with Gasteiger partial charge in [0, 0.05) is 12.0 Å². The average Bonchev–Trinajstić information content (AvgIpc) is 3.16. The van der Waals surface area contributed by atoms with Gasteiger partial charge in [-0.1, -0.05) is 66.7 Å². The average molecular weight is 438 g/mol. The molecule has 2 aliphatic heterocycles. The van der Waals surface area contributed by atoms with E-state index < -0.39 is 0 Å². The summed E-state index contributed by atoms with van der Waals surface area (Å²) in [5.74, 6) is 0.352. The van der Waals surface area contributed by atoms with Crippen LogP contribution in [0.15, 0.2) is 78.9 Å². The van der Waals surface area contributed by atoms with Crippen LogP contribution in [-0.2, 0) is 4.74 Å². The number of fused-ring (bicyclic) bond motifs is 5. The van der Waals surface area contributed by atoms with E-state index in [1.807, 2.05) is 17.0 Å². The predicted molar refractivity (Wildman–Crippen MR) is 129 cm³/mol. The first-order chi connectivity index (χ1) is 16.2. The van der Waals surface area contributed by atoms with E-state index >= 15 is 0 Å². The standard InChI is InChI=1S/C29H27NO3/c31-23-14-12-19(13-15-23)20-16-21-6-5-7-22(17-20)30(21)29(32)33-18-28-26-10-3-1-8-24(26)25-9-2-4-11-27(25)28/h1-4,8-16,21-22,28,31H,5-7,17-18H2. The van der Waals surface area contributed by atoms with Crippen LogP contribution in [0.4, 0.5) is 4.79 Å². The largest absolute Gasteiger partial charge is 0.508 e. The van der Waals surface area contributed by atoms with Crippen LogP contribution in [0.2, 0.25) is 0 Å². The van der Waals surface area contributed by atoms with Crippen molar-refractivity contribution >= 4 is 11.7 Å². The van der Waals surface area contributed by atoms with Crippen LogP contribution in [0, 0.1) is 0 Å². The second-order valence-corrected chi connectivity index (χ2v) is 9.31. The lowest BCUT2D eigenvalue weighted by Gasteiger charge is -2.44. The molecule has 3 aliphatic rings. The van der Waals surface area contributed by atoms with E-state index in [4.69, 9.17) is 4.74 Å². The number of carbonyl (C=O) groups is 1. The first-order valence-electron chi connectivity index (χ1n) is 11.8. The molecule has 166 valence electrons. The van der Waals surface area contributed by atoms with Gasteiger partial charge in [-0.15, -0.1) is 0 Å². The smallest absolute Gasteiger partial charge is 0.410 e. The van der Waals surface area contributed by atoms with Crippen LogP contribution in [0.1, 0.15) is 48.3 Å². The maximum absolute atomic E-state index is 13.3. The van der Waals surface area contributed by atoms with Crippen LogP contribution in [-0.4, -0.2) is 34.8 Å². The van der Waals surface area contributed by atoms with Gasteiger partial charge in [0.15, 0.2) is 0 Å². The summed E-state index contributed by atoms with van der Waals surface area (Å²) in [6.07, 6.45) is 5.93. The van der Waals surface area contributed by atoms with E-state index in [0.717, 1.165) is 31.2 Å². The van der Waals surface area contributed by atoms with E-state index in [0.29, 0.717) is 6.61 Å². The van der Waals surface area contributed by atoms with Crippen LogP contribution < -0.4 is 0 Å². The molecule has 2 bridgehead atoms. The minimum absolute atomic E-state index is 0.0666. The lowest BCUT2D eigenvalue weighted by molar-refractivity contribution is 0.0539. The number of piperidine rings is 1. The van der Waals surface area contributed by atoms with E-state index in [1.165, 1.54) is 27.8 Å². The van der Waals surface area contributed by atoms with Crippen molar-refractivity contribution in [3.63, 3.8) is 0 Å². The number of phenolic OH excluding ortho intramolecular Hbond substituents is 1. The predicted octanol–water partition coefficient (Wildman–Crippen LogP) is 6.35. The number of carbonyl (C=O) groups excluding carboxylic acids is 1. The molecule has 3 aromatic rings. The number of rotatable bonds is 3. The summed E-state index contributed by atoms with van der Waals surface area (Å²) < 4.78 is 6.00. The van der Waals surface area contributed by atoms with Gasteiger partial charge in [0.1, 0.15) is 12.4 Å². The Morgan fingerprint density at radius 2 is 1.58 bits per heavy atom. The summed E-state index contributed by atoms with van der Waals surface area (Å²) in [5, 5.41) is 9.61. The summed E-state index contributed by atoms with van der Waals surface area (Å²) in [6.45, 7) is 0.358. The molecule has 4 heteroatoms. The Balaban J connectivity index is 1.22. The minimum atomic E-state index is -0.201. The summed E-state index contributed by atoms with van der Waals surface area (Å²) in [5.41, 5.74) is 7.33. The molecule has 0 radical (unpaired) electrons. The van der Waals surface area contributed by atoms with Gasteiger partial charge in [-0.25, -0.2) is 4.79 Å². The zero-order valence-corrected chi connectivity index (χ0v) is 18.5. The number of phenols is 1. The van der Waals surface area contributed by atoms with Gasteiger partial charge in [0.05, 0.1) is 6.04 Å². The highest BCUT2D eigenvalue weighted by Gasteiger charge is 2.39. The molecular formula is C29H27NO3. The molecular weight excluding hydrogens is 410 g/mol. The van der Waals surface area contributed by atoms with Gasteiger partial charge < -0.3 is 9.84 Å². The molecule has 0 spiro atoms. The highest BCUT2D eigenvalue weighted by atomic mass is 16.6. The third-order valence-electron chi connectivity index (χ3n) is 7.42. The maximum atomic E-state index is 13.3. The number of aromatic hydroxyl groups is 1. The molecule has 2 unspecified atom stereocenters. The van der Waals surface area contributed by atoms with Gasteiger partial charge in [-0.05, 0) is 71.2 Å². The van der Waals surface area contributed by atoms with Crippen molar-refractivity contribution in [1.82, 2.24) is 4.90 Å². The zero-order chi connectivity index (χ0) is 22.4. The van der Waals surface area contributed by atoms with Crippen molar-refractivity contribution in [3.8, 4) is 16.9 Å². The number of amides is 1. The molecule has 1 amide bonds. The van der Waals surface area contributed by atoms with Crippen molar-refractivity contribution in [1.29, 1.82) is 0 Å². The number of ether oxygens (including phenoxy) is 1. The van der Waals surface area contributed by atoms with Crippen molar-refractivity contribution in [3.05, 3.63) is 95.6 Å². The first-order valence-corrected chi connectivity index (χ1v) is 11.8. The van der Waals surface area contributed by atoms with Gasteiger partial charge in [-0.2, -0.15) is 0 Å². The molecule has 4 nitrogen and oxygen atoms in total. The third-order valence-corrected chi connectivity index (χ3v) is 7.42. The van der Waals surface area contributed by atoms with Crippen molar-refractivity contribution in [2.75, 3.05) is 6.61 Å². The van der Waals surface area contributed by atoms with Crippen molar-refractivity contribution in [2.45, 2.75) is 43.7 Å². The Morgan fingerprint density at radius 3 is 2.24 bits per heavy atom. The summed E-state index contributed by atoms with van der Waals surface area (Å²) in [4.78, 5) is 15.3. The van der Waals surface area contributed by atoms with Crippen LogP contribution in [0.5, 0.6) is 5.75 Å². The van der Waals surface area contributed by atoms with Crippen molar-refractivity contribution in [2.24, 2.45) is 0 Å². The highest BCUT2D eigenvalue weighted by molar-refractivity contribution is 5.79. The lowest BCUT2D eigenvalue weighted by Crippen LogP contribution is -2.51. The highest BCUT2D eigenvalue weighted by Crippen LogP contribution is 2.45. The maximum Gasteiger partial charge on any atom is 0.410 e. The molecule has 0 saturated carbocycles. The summed E-state index contributed by atoms with van der Waals surface area (Å²) in [7, 11) is 0. The normalized spacial score (nSPS) is 21.2. The van der Waals surface area contributed by atoms with E-state index in [-0.39, 0.29) is 29.8 Å². The monoisotopic (exact) mass is 437 g/mol. The second-order valence-electron chi connectivity index (χ2n) is 9.31. The van der Waals surface area contributed by atoms with Crippen LogP contribution in [0.25, 0.3) is 16.7 Å². The molecule has 2 heterocycles. The zero-order valence-electron chi connectivity index (χ0n) is 18.5. The topological polar surface area (TPSA) is 49.8 Å². The first kappa shape index (κ1) is 20.1. The Hall–Kier alpha value is -3.53. The molecule has 6 rings (SSSR count). The Morgan fingerprint density at radius 1 is 0.909 bits per heavy atom. The van der Waals surface area contributed by atoms with Crippen LogP contribution in [0.3, 0.4) is 0 Å². The Bertz CT molecular complexity index is 1180. The van der Waals surface area contributed by atoms with Gasteiger partial charge in [0.25, 0.3) is 0 Å². The molecule has 1 fully saturated rings. The SMILES string of the molecule is O=C(OCC1c2ccccc2-c2ccccc21)N1C2C=C(c3ccc(O)cc3)CC1CCC2. The number of benzene rings is 3. The van der Waals surface area contributed by atoms with Crippen molar-refractivity contribution < 1.29 is 14.6 Å². The third kappa shape index (κ3) is 3.50. The molecule has 1 N–H and O–H groups in total. The van der Waals surface area contributed by atoms with E-state index in [1.54, 1.807) is 12.1 Å². The fourth-order valence-electron chi connectivity index (χ4n) is 5.87. The summed E-state index contributed by atoms with van der Waals surface area (Å²) >= 11 is 0. The number of hydrogen-bond acceptors (Lipinski definition) is 3. The molecule has 2 atom stereocenters. The summed E-state index contributed by atoms with van der Waals surface area (Å²) in [6, 6.07) is 24.5. The molecule has 3 aromatic carbocycles. The fourth-order valence-corrected chi connectivity index (χ4v) is 5.87. The minimum Gasteiger partial charge on any atom is -0.508 e. The van der Waals surface area contributed by atoms with Gasteiger partial charge >= 0.3 is 6.09 Å². The van der Waals surface area contributed by atoms with Gasteiger partial charge in [-0.3, -0.25) is 4.90 Å². The van der Waals surface area contributed by atoms with Crippen LogP contribution >= 0.6 is 0 Å². The number of nitrogens with zero attached hydrogens (tertiary/aromatic N) is 1. The molecule has 33 heavy (non-hydrogen) atoms. The van der Waals surface area contributed by atoms with E-state index in [2.05, 4.69) is 54.6 Å². The molecule has 1 aliphatic carbocycles. The Kier molecular flexibility index (Phi) is 4.94. The molecule has 1 saturated heterocycles. The van der Waals surface area contributed by atoms with Gasteiger partial charge in [0.2, 0.25) is 0 Å². The quantitative estimate of drug-likeness (QED) is 0.519. The lowest BCUT2D eigenvalue weighted by atomic mass is 9.83. The fraction of sp³-hybridized carbons (Fsp3) is 0.276. The van der Waals surface area contributed by atoms with E-state index in [9.17, 15) is 9.90 Å². The number of hydrogen-bond donors (Lipinski definition) is 1. The Labute approximate surface area is 194 Å². The molecule has 0 aromatic heterocycles.